The highest BCUT2D eigenvalue weighted by Gasteiger charge is 2.28. The third-order valence-corrected chi connectivity index (χ3v) is 7.37. The fraction of sp³-hybridized carbons (Fsp3) is 0. The molecule has 2 aliphatic rings. The van der Waals surface area contributed by atoms with E-state index in [0.29, 0.717) is 22.6 Å². The molecule has 3 nitrogen and oxygen atoms in total. The molecule has 30 heavy (non-hydrogen) atoms. The van der Waals surface area contributed by atoms with Crippen LogP contribution < -0.4 is 9.47 Å². The van der Waals surface area contributed by atoms with Crippen molar-refractivity contribution in [1.82, 2.24) is 0 Å². The summed E-state index contributed by atoms with van der Waals surface area (Å²) >= 11 is 3.15. The van der Waals surface area contributed by atoms with Crippen molar-refractivity contribution in [3.8, 4) is 23.0 Å². The summed E-state index contributed by atoms with van der Waals surface area (Å²) in [7, 11) is 0. The Morgan fingerprint density at radius 3 is 1.47 bits per heavy atom. The normalized spacial score (nSPS) is 13.1. The predicted molar refractivity (Wildman–Crippen MR) is 118 cm³/mol. The summed E-state index contributed by atoms with van der Waals surface area (Å²) in [4.78, 5) is 17.4. The summed E-state index contributed by atoms with van der Waals surface area (Å²) < 4.78 is 12.1. The standard InChI is InChI=1S/C25H14O3S2/c26-23(15-7-5-11-19-24(15)29-21-13-3-1-9-17(21)27-19)16-8-6-12-20-25(16)30-22-14-4-2-10-18(22)28-20/h1-14H. The molecule has 0 aliphatic carbocycles. The molecule has 0 unspecified atom stereocenters. The van der Waals surface area contributed by atoms with Crippen molar-refractivity contribution in [2.24, 2.45) is 0 Å². The first-order valence-corrected chi connectivity index (χ1v) is 11.1. The number of fused-ring (bicyclic) bond motifs is 4. The third kappa shape index (κ3) is 2.82. The van der Waals surface area contributed by atoms with Gasteiger partial charge >= 0.3 is 0 Å². The van der Waals surface area contributed by atoms with Crippen LogP contribution in [-0.2, 0) is 0 Å². The molecule has 0 fully saturated rings. The lowest BCUT2D eigenvalue weighted by Gasteiger charge is -2.23. The highest BCUT2D eigenvalue weighted by atomic mass is 32.2. The first-order chi connectivity index (χ1) is 14.8. The molecular formula is C25H14O3S2. The number of carbonyl (C=O) groups excluding carboxylic acids is 1. The number of hydrogen-bond donors (Lipinski definition) is 0. The average Bonchev–Trinajstić information content (AvgIpc) is 2.80. The fourth-order valence-corrected chi connectivity index (χ4v) is 5.72. The first-order valence-electron chi connectivity index (χ1n) is 9.48. The minimum absolute atomic E-state index is 0.0327. The monoisotopic (exact) mass is 426 g/mol. The maximum Gasteiger partial charge on any atom is 0.195 e. The van der Waals surface area contributed by atoms with Crippen LogP contribution in [0.15, 0.2) is 105 Å². The van der Waals surface area contributed by atoms with E-state index in [4.69, 9.17) is 9.47 Å². The second kappa shape index (κ2) is 6.97. The molecule has 0 bridgehead atoms. The average molecular weight is 427 g/mol. The Kier molecular flexibility index (Phi) is 4.11. The molecule has 0 spiro atoms. The molecule has 0 saturated heterocycles. The van der Waals surface area contributed by atoms with Crippen molar-refractivity contribution < 1.29 is 14.3 Å². The van der Waals surface area contributed by atoms with E-state index >= 15 is 0 Å². The number of ether oxygens (including phenoxy) is 2. The van der Waals surface area contributed by atoms with Crippen LogP contribution >= 0.6 is 23.5 Å². The Hall–Kier alpha value is -3.15. The molecule has 4 aromatic carbocycles. The van der Waals surface area contributed by atoms with Crippen LogP contribution in [0.2, 0.25) is 0 Å². The van der Waals surface area contributed by atoms with Crippen LogP contribution in [-0.4, -0.2) is 5.78 Å². The molecule has 6 rings (SSSR count). The summed E-state index contributed by atoms with van der Waals surface area (Å²) in [6.07, 6.45) is 0. The van der Waals surface area contributed by atoms with E-state index in [1.165, 1.54) is 0 Å². The Balaban J connectivity index is 1.43. The Morgan fingerprint density at radius 2 is 0.967 bits per heavy atom. The number of benzene rings is 4. The topological polar surface area (TPSA) is 35.5 Å². The smallest absolute Gasteiger partial charge is 0.195 e. The maximum absolute atomic E-state index is 13.7. The molecule has 0 amide bonds. The molecular weight excluding hydrogens is 412 g/mol. The van der Waals surface area contributed by atoms with E-state index in [2.05, 4.69) is 0 Å². The number of rotatable bonds is 2. The molecule has 0 aromatic heterocycles. The summed E-state index contributed by atoms with van der Waals surface area (Å²) in [5.41, 5.74) is 1.28. The van der Waals surface area contributed by atoms with Gasteiger partial charge in [-0.15, -0.1) is 0 Å². The molecule has 2 aliphatic heterocycles. The molecule has 0 atom stereocenters. The van der Waals surface area contributed by atoms with Crippen molar-refractivity contribution in [1.29, 1.82) is 0 Å². The minimum atomic E-state index is -0.0327. The van der Waals surface area contributed by atoms with Crippen LogP contribution in [0.25, 0.3) is 0 Å². The first kappa shape index (κ1) is 17.7. The van der Waals surface area contributed by atoms with Crippen molar-refractivity contribution in [3.05, 3.63) is 96.1 Å². The van der Waals surface area contributed by atoms with Gasteiger partial charge < -0.3 is 9.47 Å². The van der Waals surface area contributed by atoms with E-state index in [0.717, 1.165) is 31.1 Å². The van der Waals surface area contributed by atoms with Crippen LogP contribution in [0.4, 0.5) is 0 Å². The van der Waals surface area contributed by atoms with Gasteiger partial charge in [0.25, 0.3) is 0 Å². The fourth-order valence-electron chi connectivity index (χ4n) is 3.60. The van der Waals surface area contributed by atoms with Crippen LogP contribution in [0, 0.1) is 0 Å². The molecule has 144 valence electrons. The lowest BCUT2D eigenvalue weighted by Crippen LogP contribution is -2.09. The Labute approximate surface area is 182 Å². The van der Waals surface area contributed by atoms with E-state index in [-0.39, 0.29) is 5.78 Å². The summed E-state index contributed by atoms with van der Waals surface area (Å²) in [5, 5.41) is 0. The number of carbonyl (C=O) groups is 1. The quantitative estimate of drug-likeness (QED) is 0.269. The lowest BCUT2D eigenvalue weighted by molar-refractivity contribution is 0.103. The van der Waals surface area contributed by atoms with Crippen molar-refractivity contribution in [3.63, 3.8) is 0 Å². The van der Waals surface area contributed by atoms with Crippen LogP contribution in [0.5, 0.6) is 23.0 Å². The Bertz CT molecular complexity index is 1230. The second-order valence-corrected chi connectivity index (χ2v) is 9.00. The minimum Gasteiger partial charge on any atom is -0.455 e. The van der Waals surface area contributed by atoms with Crippen LogP contribution in [0.1, 0.15) is 15.9 Å². The van der Waals surface area contributed by atoms with E-state index < -0.39 is 0 Å². The van der Waals surface area contributed by atoms with E-state index in [9.17, 15) is 4.79 Å². The van der Waals surface area contributed by atoms with Gasteiger partial charge in [0.1, 0.15) is 23.0 Å². The lowest BCUT2D eigenvalue weighted by atomic mass is 10.0. The predicted octanol–water partition coefficient (Wildman–Crippen LogP) is 7.43. The number of hydrogen-bond acceptors (Lipinski definition) is 5. The van der Waals surface area contributed by atoms with Gasteiger partial charge in [0.15, 0.2) is 5.78 Å². The summed E-state index contributed by atoms with van der Waals surface area (Å²) in [6.45, 7) is 0. The third-order valence-electron chi connectivity index (χ3n) is 5.01. The van der Waals surface area contributed by atoms with E-state index in [1.807, 2.05) is 84.9 Å². The van der Waals surface area contributed by atoms with Gasteiger partial charge in [0.05, 0.1) is 19.6 Å². The van der Waals surface area contributed by atoms with Crippen LogP contribution in [0.3, 0.4) is 0 Å². The molecule has 5 heteroatoms. The SMILES string of the molecule is O=C(c1cccc2c1Sc1ccccc1O2)c1cccc2c1Sc1ccccc1O2. The van der Waals surface area contributed by atoms with Gasteiger partial charge in [-0.2, -0.15) is 0 Å². The molecule has 0 radical (unpaired) electrons. The van der Waals surface area contributed by atoms with Gasteiger partial charge in [-0.25, -0.2) is 0 Å². The second-order valence-electron chi connectivity index (χ2n) is 6.90. The van der Waals surface area contributed by atoms with Gasteiger partial charge in [0, 0.05) is 11.1 Å². The zero-order valence-electron chi connectivity index (χ0n) is 15.6. The highest BCUT2D eigenvalue weighted by molar-refractivity contribution is 8.00. The van der Waals surface area contributed by atoms with Gasteiger partial charge in [-0.1, -0.05) is 59.9 Å². The highest BCUT2D eigenvalue weighted by Crippen LogP contribution is 2.51. The molecule has 0 N–H and O–H groups in total. The van der Waals surface area contributed by atoms with Gasteiger partial charge in [-0.05, 0) is 48.5 Å². The maximum atomic E-state index is 13.7. The molecule has 0 saturated carbocycles. The van der Waals surface area contributed by atoms with E-state index in [1.54, 1.807) is 23.5 Å². The molecule has 4 aromatic rings. The Morgan fingerprint density at radius 1 is 0.533 bits per heavy atom. The largest absolute Gasteiger partial charge is 0.455 e. The zero-order valence-corrected chi connectivity index (χ0v) is 17.3. The van der Waals surface area contributed by atoms with Crippen molar-refractivity contribution >= 4 is 29.3 Å². The molecule has 2 heterocycles. The van der Waals surface area contributed by atoms with Gasteiger partial charge in [0.2, 0.25) is 0 Å². The van der Waals surface area contributed by atoms with Crippen molar-refractivity contribution in [2.45, 2.75) is 19.6 Å². The van der Waals surface area contributed by atoms with Gasteiger partial charge in [-0.3, -0.25) is 4.79 Å². The zero-order chi connectivity index (χ0) is 20.1. The number of ketones is 1. The summed E-state index contributed by atoms with van der Waals surface area (Å²) in [6, 6.07) is 27.0. The number of para-hydroxylation sites is 2. The summed E-state index contributed by atoms with van der Waals surface area (Å²) in [5.74, 6) is 3.02. The van der Waals surface area contributed by atoms with Crippen molar-refractivity contribution in [2.75, 3.05) is 0 Å².